The third-order valence-corrected chi connectivity index (χ3v) is 5.74. The second kappa shape index (κ2) is 9.56. The van der Waals surface area contributed by atoms with Crippen LogP contribution in [0.25, 0.3) is 11.1 Å². The summed E-state index contributed by atoms with van der Waals surface area (Å²) in [5.41, 5.74) is 2.56. The molecular weight excluding hydrogens is 409 g/mol. The summed E-state index contributed by atoms with van der Waals surface area (Å²) in [6.07, 6.45) is 3.90. The number of pyridine rings is 1. The number of amides is 1. The van der Waals surface area contributed by atoms with Gasteiger partial charge in [-0.25, -0.2) is 4.98 Å². The van der Waals surface area contributed by atoms with Gasteiger partial charge >= 0.3 is 0 Å². The van der Waals surface area contributed by atoms with Crippen molar-refractivity contribution in [2.45, 2.75) is 12.8 Å². The minimum absolute atomic E-state index is 0.00548. The van der Waals surface area contributed by atoms with Crippen LogP contribution >= 0.6 is 0 Å². The van der Waals surface area contributed by atoms with Crippen LogP contribution in [0.5, 0.6) is 0 Å². The highest BCUT2D eigenvalue weighted by atomic mass is 19.1. The third kappa shape index (κ3) is 4.44. The summed E-state index contributed by atoms with van der Waals surface area (Å²) < 4.78 is 13.4. The molecule has 2 aromatic rings. The Hall–Kier alpha value is -3.80. The van der Waals surface area contributed by atoms with Crippen LogP contribution in [0.3, 0.4) is 0 Å². The molecule has 1 aromatic carbocycles. The maximum Gasteiger partial charge on any atom is 0.254 e. The number of hydrogen-bond donors (Lipinski definition) is 2. The number of nitriles is 1. The van der Waals surface area contributed by atoms with E-state index in [1.807, 2.05) is 0 Å². The summed E-state index contributed by atoms with van der Waals surface area (Å²) in [6, 6.07) is 8.50. The number of aromatic nitrogens is 1. The lowest BCUT2D eigenvalue weighted by atomic mass is 9.91. The Morgan fingerprint density at radius 1 is 1.25 bits per heavy atom. The Morgan fingerprint density at radius 3 is 2.47 bits per heavy atom. The van der Waals surface area contributed by atoms with Crippen molar-refractivity contribution in [1.29, 1.82) is 16.1 Å². The number of benzene rings is 1. The number of carbonyl (C=O) groups excluding carboxylic acids is 1. The monoisotopic (exact) mass is 435 g/mol. The Labute approximate surface area is 186 Å². The first kappa shape index (κ1) is 22.9. The molecule has 1 fully saturated rings. The van der Waals surface area contributed by atoms with Crippen LogP contribution in [0.15, 0.2) is 30.5 Å². The van der Waals surface area contributed by atoms with E-state index in [2.05, 4.69) is 16.0 Å². The zero-order valence-corrected chi connectivity index (χ0v) is 18.4. The van der Waals surface area contributed by atoms with Gasteiger partial charge in [-0.1, -0.05) is 6.07 Å². The summed E-state index contributed by atoms with van der Waals surface area (Å²) in [6.45, 7) is 1.16. The molecule has 1 amide bonds. The van der Waals surface area contributed by atoms with Crippen molar-refractivity contribution in [2.24, 2.45) is 5.92 Å². The van der Waals surface area contributed by atoms with Crippen LogP contribution in [0.4, 0.5) is 10.1 Å². The normalized spacial score (nSPS) is 13.9. The summed E-state index contributed by atoms with van der Waals surface area (Å²) >= 11 is 0. The number of rotatable bonds is 5. The summed E-state index contributed by atoms with van der Waals surface area (Å²) in [4.78, 5) is 21.5. The number of amidine groups is 1. The van der Waals surface area contributed by atoms with E-state index < -0.39 is 5.95 Å². The minimum atomic E-state index is -0.593. The van der Waals surface area contributed by atoms with Gasteiger partial charge in [0.1, 0.15) is 11.9 Å². The summed E-state index contributed by atoms with van der Waals surface area (Å²) in [5.74, 6) is -0.466. The fourth-order valence-electron chi connectivity index (χ4n) is 3.95. The molecule has 0 bridgehead atoms. The van der Waals surface area contributed by atoms with Gasteiger partial charge in [0.25, 0.3) is 5.91 Å². The zero-order chi connectivity index (χ0) is 23.4. The molecule has 32 heavy (non-hydrogen) atoms. The molecule has 0 saturated carbocycles. The fourth-order valence-corrected chi connectivity index (χ4v) is 3.95. The Kier molecular flexibility index (Phi) is 6.83. The number of hydrogen-bond acceptors (Lipinski definition) is 6. The number of carbonyl (C=O) groups is 1. The smallest absolute Gasteiger partial charge is 0.254 e. The predicted octanol–water partition coefficient (Wildman–Crippen LogP) is 3.19. The highest BCUT2D eigenvalue weighted by Crippen LogP contribution is 2.38. The Bertz CT molecular complexity index is 1070. The highest BCUT2D eigenvalue weighted by molar-refractivity contribution is 6.00. The van der Waals surface area contributed by atoms with Crippen molar-refractivity contribution >= 4 is 23.8 Å². The van der Waals surface area contributed by atoms with Crippen LogP contribution in [0.1, 0.15) is 28.8 Å². The predicted molar refractivity (Wildman–Crippen MR) is 122 cm³/mol. The van der Waals surface area contributed by atoms with Crippen LogP contribution in [-0.4, -0.2) is 67.1 Å². The van der Waals surface area contributed by atoms with Crippen molar-refractivity contribution in [1.82, 2.24) is 14.8 Å². The van der Waals surface area contributed by atoms with Crippen molar-refractivity contribution in [3.63, 3.8) is 0 Å². The van der Waals surface area contributed by atoms with Gasteiger partial charge in [-0.05, 0) is 31.0 Å². The molecule has 1 aromatic heterocycles. The van der Waals surface area contributed by atoms with E-state index in [0.717, 1.165) is 6.34 Å². The van der Waals surface area contributed by atoms with E-state index in [0.29, 0.717) is 54.1 Å². The van der Waals surface area contributed by atoms with E-state index in [-0.39, 0.29) is 17.4 Å². The average molecular weight is 436 g/mol. The maximum absolute atomic E-state index is 13.4. The van der Waals surface area contributed by atoms with Crippen LogP contribution < -0.4 is 4.90 Å². The molecule has 1 saturated heterocycles. The Morgan fingerprint density at radius 2 is 1.94 bits per heavy atom. The number of anilines is 1. The quantitative estimate of drug-likeness (QED) is 0.426. The number of piperidine rings is 1. The van der Waals surface area contributed by atoms with E-state index in [9.17, 15) is 14.4 Å². The molecule has 8 nitrogen and oxygen atoms in total. The molecule has 166 valence electrons. The lowest BCUT2D eigenvalue weighted by Gasteiger charge is -2.36. The van der Waals surface area contributed by atoms with E-state index in [1.54, 1.807) is 39.3 Å². The molecule has 9 heteroatoms. The first-order valence-electron chi connectivity index (χ1n) is 10.3. The molecule has 3 rings (SSSR count). The van der Waals surface area contributed by atoms with Gasteiger partial charge in [-0.15, -0.1) is 0 Å². The number of nitrogens with one attached hydrogen (secondary N) is 2. The SMILES string of the molecule is CN(C)C(=O)c1ccc(-c2ccc(F)nc2)c(N2CCC(C(=N)N(C)C=N)CC2)c1C#N. The second-order valence-electron chi connectivity index (χ2n) is 7.95. The highest BCUT2D eigenvalue weighted by Gasteiger charge is 2.29. The Balaban J connectivity index is 2.06. The average Bonchev–Trinajstić information content (AvgIpc) is 2.82. The van der Waals surface area contributed by atoms with Crippen LogP contribution in [0.2, 0.25) is 0 Å². The van der Waals surface area contributed by atoms with Crippen LogP contribution in [-0.2, 0) is 0 Å². The third-order valence-electron chi connectivity index (χ3n) is 5.74. The van der Waals surface area contributed by atoms with Crippen molar-refractivity contribution in [3.05, 3.63) is 47.5 Å². The van der Waals surface area contributed by atoms with Gasteiger partial charge in [0.05, 0.1) is 23.2 Å². The lowest BCUT2D eigenvalue weighted by Crippen LogP contribution is -2.41. The van der Waals surface area contributed by atoms with Crippen molar-refractivity contribution in [2.75, 3.05) is 39.1 Å². The van der Waals surface area contributed by atoms with Gasteiger partial charge in [0, 0.05) is 57.5 Å². The van der Waals surface area contributed by atoms with Gasteiger partial charge in [-0.2, -0.15) is 9.65 Å². The molecule has 0 atom stereocenters. The summed E-state index contributed by atoms with van der Waals surface area (Å²) in [5, 5.41) is 25.7. The first-order valence-corrected chi connectivity index (χ1v) is 10.3. The largest absolute Gasteiger partial charge is 0.370 e. The van der Waals surface area contributed by atoms with Gasteiger partial charge in [0.2, 0.25) is 5.95 Å². The molecule has 0 unspecified atom stereocenters. The van der Waals surface area contributed by atoms with Crippen molar-refractivity contribution in [3.8, 4) is 17.2 Å². The van der Waals surface area contributed by atoms with Gasteiger partial charge in [0.15, 0.2) is 0 Å². The van der Waals surface area contributed by atoms with Crippen LogP contribution in [0, 0.1) is 34.0 Å². The minimum Gasteiger partial charge on any atom is -0.370 e. The molecule has 0 aliphatic carbocycles. The van der Waals surface area contributed by atoms with E-state index in [1.165, 1.54) is 22.1 Å². The zero-order valence-electron chi connectivity index (χ0n) is 18.4. The molecule has 0 radical (unpaired) electrons. The van der Waals surface area contributed by atoms with E-state index in [4.69, 9.17) is 10.8 Å². The fraction of sp³-hybridized carbons (Fsp3) is 0.348. The second-order valence-corrected chi connectivity index (χ2v) is 7.95. The van der Waals surface area contributed by atoms with Gasteiger partial charge < -0.3 is 14.7 Å². The summed E-state index contributed by atoms with van der Waals surface area (Å²) in [7, 11) is 4.96. The molecule has 2 heterocycles. The molecule has 1 aliphatic heterocycles. The van der Waals surface area contributed by atoms with E-state index >= 15 is 0 Å². The topological polar surface area (TPSA) is 111 Å². The molecule has 1 aliphatic rings. The first-order chi connectivity index (χ1) is 15.3. The maximum atomic E-state index is 13.4. The number of halogens is 1. The molecule has 0 spiro atoms. The lowest BCUT2D eigenvalue weighted by molar-refractivity contribution is 0.0827. The van der Waals surface area contributed by atoms with Gasteiger partial charge in [-0.3, -0.25) is 15.6 Å². The molecular formula is C23H26FN7O. The van der Waals surface area contributed by atoms with Crippen molar-refractivity contribution < 1.29 is 9.18 Å². The standard InChI is InChI=1S/C23H26FN7O/c1-29(2)23(32)18-6-5-17(16-4-7-20(24)28-13-16)21(19(18)12-25)31-10-8-15(9-11-31)22(27)30(3)14-26/h4-7,13-15,26-27H,8-11H2,1-3H3. The molecule has 2 N–H and O–H groups in total. The number of nitrogens with zero attached hydrogens (tertiary/aromatic N) is 5.